The van der Waals surface area contributed by atoms with E-state index in [1.54, 1.807) is 0 Å². The first kappa shape index (κ1) is 21.4. The summed E-state index contributed by atoms with van der Waals surface area (Å²) in [5.74, 6) is -1.96. The molecule has 1 fully saturated rings. The van der Waals surface area contributed by atoms with Gasteiger partial charge in [-0.2, -0.15) is 0 Å². The summed E-state index contributed by atoms with van der Waals surface area (Å²) in [5, 5.41) is 0. The van der Waals surface area contributed by atoms with E-state index in [2.05, 4.69) is 0 Å². The highest BCUT2D eigenvalue weighted by atomic mass is 16.7. The number of carbonyl (C=O) groups excluding carboxylic acids is 3. The quantitative estimate of drug-likeness (QED) is 0.461. The van der Waals surface area contributed by atoms with Crippen molar-refractivity contribution in [1.29, 1.82) is 0 Å². The summed E-state index contributed by atoms with van der Waals surface area (Å²) in [5.41, 5.74) is -0.955. The van der Waals surface area contributed by atoms with Gasteiger partial charge in [0.1, 0.15) is 12.7 Å². The average Bonchev–Trinajstić information content (AvgIpc) is 2.90. The first-order chi connectivity index (χ1) is 13.0. The highest BCUT2D eigenvalue weighted by molar-refractivity contribution is 5.68. The van der Waals surface area contributed by atoms with Crippen LogP contribution >= 0.6 is 0 Å². The summed E-state index contributed by atoms with van der Waals surface area (Å²) in [6, 6.07) is 0. The van der Waals surface area contributed by atoms with Crippen LogP contribution in [-0.4, -0.2) is 52.0 Å². The summed E-state index contributed by atoms with van der Waals surface area (Å²) < 4.78 is 23.2. The molecular weight excluding hydrogens is 376 g/mol. The number of rotatable bonds is 5. The van der Waals surface area contributed by atoms with Crippen molar-refractivity contribution in [2.24, 2.45) is 7.05 Å². The van der Waals surface area contributed by atoms with Gasteiger partial charge in [-0.05, 0) is 6.92 Å². The van der Waals surface area contributed by atoms with Crippen LogP contribution < -0.4 is 11.2 Å². The monoisotopic (exact) mass is 398 g/mol. The molecule has 0 unspecified atom stereocenters. The van der Waals surface area contributed by atoms with E-state index >= 15 is 0 Å². The van der Waals surface area contributed by atoms with Crippen molar-refractivity contribution in [3.8, 4) is 0 Å². The molecule has 1 aliphatic rings. The predicted molar refractivity (Wildman–Crippen MR) is 92.3 cm³/mol. The van der Waals surface area contributed by atoms with Crippen LogP contribution in [0.25, 0.3) is 0 Å². The molecule has 1 aromatic heterocycles. The fraction of sp³-hybridized carbons (Fsp3) is 0.588. The second kappa shape index (κ2) is 8.38. The second-order valence-electron chi connectivity index (χ2n) is 6.38. The van der Waals surface area contributed by atoms with E-state index in [9.17, 15) is 24.0 Å². The number of aromatic nitrogens is 2. The molecule has 0 aliphatic carbocycles. The van der Waals surface area contributed by atoms with Gasteiger partial charge in [-0.1, -0.05) is 0 Å². The minimum atomic E-state index is -1.20. The zero-order chi connectivity index (χ0) is 21.2. The van der Waals surface area contributed by atoms with Crippen LogP contribution in [-0.2, 0) is 40.4 Å². The van der Waals surface area contributed by atoms with Crippen LogP contribution in [0.5, 0.6) is 0 Å². The molecule has 4 atom stereocenters. The molecule has 11 heteroatoms. The summed E-state index contributed by atoms with van der Waals surface area (Å²) in [7, 11) is 1.30. The SMILES string of the molecule is CC(=O)OC[C@H]1O[C@@H](n2cc(C)c(=O)n(C)c2=O)[C@H](OC(C)=O)[C@@H]1OC(C)=O. The van der Waals surface area contributed by atoms with Gasteiger partial charge in [0.2, 0.25) is 0 Å². The van der Waals surface area contributed by atoms with Gasteiger partial charge in [-0.15, -0.1) is 0 Å². The third-order valence-electron chi connectivity index (χ3n) is 4.10. The summed E-state index contributed by atoms with van der Waals surface area (Å²) >= 11 is 0. The maximum absolute atomic E-state index is 12.6. The maximum atomic E-state index is 12.6. The minimum absolute atomic E-state index is 0.250. The molecule has 0 N–H and O–H groups in total. The lowest BCUT2D eigenvalue weighted by Crippen LogP contribution is -2.45. The van der Waals surface area contributed by atoms with E-state index in [1.165, 1.54) is 27.1 Å². The van der Waals surface area contributed by atoms with Crippen LogP contribution in [0.1, 0.15) is 32.6 Å². The number of carbonyl (C=O) groups is 3. The molecule has 1 aliphatic heterocycles. The Bertz CT molecular complexity index is 901. The van der Waals surface area contributed by atoms with Crippen LogP contribution in [0.15, 0.2) is 15.8 Å². The second-order valence-corrected chi connectivity index (χ2v) is 6.38. The predicted octanol–water partition coefficient (Wildman–Crippen LogP) is -0.821. The molecular formula is C17H22N2O9. The van der Waals surface area contributed by atoms with Gasteiger partial charge in [-0.25, -0.2) is 4.79 Å². The number of aryl methyl sites for hydroxylation is 1. The number of hydrogen-bond donors (Lipinski definition) is 0. The third-order valence-corrected chi connectivity index (χ3v) is 4.10. The van der Waals surface area contributed by atoms with Gasteiger partial charge < -0.3 is 18.9 Å². The Morgan fingerprint density at radius 2 is 1.61 bits per heavy atom. The van der Waals surface area contributed by atoms with Gasteiger partial charge in [0.25, 0.3) is 5.56 Å². The highest BCUT2D eigenvalue weighted by Crippen LogP contribution is 2.33. The van der Waals surface area contributed by atoms with Crippen molar-refractivity contribution < 1.29 is 33.3 Å². The normalized spacial score (nSPS) is 23.9. The van der Waals surface area contributed by atoms with Crippen molar-refractivity contribution >= 4 is 17.9 Å². The van der Waals surface area contributed by atoms with Crippen molar-refractivity contribution in [3.05, 3.63) is 32.6 Å². The van der Waals surface area contributed by atoms with E-state index in [0.717, 1.165) is 23.0 Å². The average molecular weight is 398 g/mol. The van der Waals surface area contributed by atoms with Gasteiger partial charge in [-0.3, -0.25) is 28.3 Å². The lowest BCUT2D eigenvalue weighted by molar-refractivity contribution is -0.166. The van der Waals surface area contributed by atoms with Crippen LogP contribution in [0, 0.1) is 6.92 Å². The molecule has 28 heavy (non-hydrogen) atoms. The molecule has 1 aromatic rings. The van der Waals surface area contributed by atoms with Crippen molar-refractivity contribution in [3.63, 3.8) is 0 Å². The largest absolute Gasteiger partial charge is 0.463 e. The summed E-state index contributed by atoms with van der Waals surface area (Å²) in [4.78, 5) is 58.8. The Morgan fingerprint density at radius 3 is 2.14 bits per heavy atom. The molecule has 2 heterocycles. The fourth-order valence-corrected chi connectivity index (χ4v) is 2.94. The fourth-order valence-electron chi connectivity index (χ4n) is 2.94. The van der Waals surface area contributed by atoms with Crippen LogP contribution in [0.2, 0.25) is 0 Å². The van der Waals surface area contributed by atoms with E-state index in [0.29, 0.717) is 0 Å². The van der Waals surface area contributed by atoms with E-state index < -0.39 is 53.7 Å². The van der Waals surface area contributed by atoms with Crippen LogP contribution in [0.4, 0.5) is 0 Å². The Hall–Kier alpha value is -2.95. The summed E-state index contributed by atoms with van der Waals surface area (Å²) in [6.07, 6.45) is -3.25. The zero-order valence-corrected chi connectivity index (χ0v) is 16.2. The molecule has 1 saturated heterocycles. The third kappa shape index (κ3) is 4.47. The molecule has 2 rings (SSSR count). The van der Waals surface area contributed by atoms with E-state index in [4.69, 9.17) is 18.9 Å². The van der Waals surface area contributed by atoms with Gasteiger partial charge in [0.15, 0.2) is 18.4 Å². The van der Waals surface area contributed by atoms with E-state index in [1.807, 2.05) is 0 Å². The van der Waals surface area contributed by atoms with Gasteiger partial charge in [0, 0.05) is 39.6 Å². The minimum Gasteiger partial charge on any atom is -0.463 e. The number of nitrogens with zero attached hydrogens (tertiary/aromatic N) is 2. The lowest BCUT2D eigenvalue weighted by atomic mass is 10.1. The molecule has 0 saturated carbocycles. The van der Waals surface area contributed by atoms with E-state index in [-0.39, 0.29) is 12.2 Å². The van der Waals surface area contributed by atoms with Crippen molar-refractivity contribution in [2.75, 3.05) is 6.61 Å². The zero-order valence-electron chi connectivity index (χ0n) is 16.2. The first-order valence-corrected chi connectivity index (χ1v) is 8.45. The molecule has 0 amide bonds. The Kier molecular flexibility index (Phi) is 6.39. The Balaban J connectivity index is 2.53. The number of hydrogen-bond acceptors (Lipinski definition) is 9. The van der Waals surface area contributed by atoms with Crippen molar-refractivity contribution in [2.45, 2.75) is 52.2 Å². The maximum Gasteiger partial charge on any atom is 0.332 e. The highest BCUT2D eigenvalue weighted by Gasteiger charge is 2.51. The molecule has 11 nitrogen and oxygen atoms in total. The standard InChI is InChI=1S/C17H22N2O9/c1-8-6-19(17(24)18(5)15(8)23)16-14(27-11(4)22)13(26-10(3)21)12(28-16)7-25-9(2)20/h6,12-14,16H,7H2,1-5H3/t12-,13-,14-,16-/m1/s1. The molecule has 0 bridgehead atoms. The first-order valence-electron chi connectivity index (χ1n) is 8.45. The Morgan fingerprint density at radius 1 is 1.04 bits per heavy atom. The lowest BCUT2D eigenvalue weighted by Gasteiger charge is -2.24. The smallest absolute Gasteiger partial charge is 0.332 e. The van der Waals surface area contributed by atoms with Crippen molar-refractivity contribution in [1.82, 2.24) is 9.13 Å². The van der Waals surface area contributed by atoms with Crippen LogP contribution in [0.3, 0.4) is 0 Å². The van der Waals surface area contributed by atoms with Gasteiger partial charge >= 0.3 is 23.6 Å². The number of ether oxygens (including phenoxy) is 4. The number of esters is 3. The molecule has 0 aromatic carbocycles. The van der Waals surface area contributed by atoms with Gasteiger partial charge in [0.05, 0.1) is 0 Å². The molecule has 154 valence electrons. The molecule has 0 spiro atoms. The topological polar surface area (TPSA) is 132 Å². The molecule has 0 radical (unpaired) electrons. The summed E-state index contributed by atoms with van der Waals surface area (Å²) in [6.45, 7) is 4.71. The Labute approximate surface area is 159 Å².